The Hall–Kier alpha value is -2.53. The average molecular weight is 466 g/mol. The lowest BCUT2D eigenvalue weighted by molar-refractivity contribution is -0.177. The van der Waals surface area contributed by atoms with Crippen LogP contribution >= 0.6 is 11.6 Å². The summed E-state index contributed by atoms with van der Waals surface area (Å²) < 4.78 is 19.3. The normalized spacial score (nSPS) is 19.1. The van der Waals surface area contributed by atoms with E-state index >= 15 is 0 Å². The molecule has 174 valence electrons. The van der Waals surface area contributed by atoms with Gasteiger partial charge in [0.15, 0.2) is 0 Å². The summed E-state index contributed by atoms with van der Waals surface area (Å²) in [4.78, 5) is 0. The second kappa shape index (κ2) is 10.2. The molecule has 2 atom stereocenters. The second-order valence-corrected chi connectivity index (χ2v) is 9.70. The number of nitrogens with one attached hydrogen (secondary N) is 1. The molecule has 3 aromatic carbocycles. The molecule has 4 rings (SSSR count). The Morgan fingerprint density at radius 1 is 0.970 bits per heavy atom. The maximum absolute atomic E-state index is 6.45. The molecule has 1 aliphatic rings. The zero-order valence-corrected chi connectivity index (χ0v) is 20.4. The van der Waals surface area contributed by atoms with Crippen molar-refractivity contribution in [2.45, 2.75) is 64.8 Å². The topological polar surface area (TPSA) is 39.7 Å². The van der Waals surface area contributed by atoms with E-state index in [2.05, 4.69) is 57.3 Å². The molecular weight excluding hydrogens is 434 g/mol. The first-order valence-corrected chi connectivity index (χ1v) is 11.8. The largest absolute Gasteiger partial charge is 0.485 e. The third-order valence-electron chi connectivity index (χ3n) is 5.73. The predicted molar refractivity (Wildman–Crippen MR) is 134 cm³/mol. The molecule has 0 amide bonds. The quantitative estimate of drug-likeness (QED) is 0.382. The Kier molecular flexibility index (Phi) is 7.28. The third kappa shape index (κ3) is 5.89. The van der Waals surface area contributed by atoms with Gasteiger partial charge in [-0.2, -0.15) is 0 Å². The first kappa shape index (κ1) is 23.6. The van der Waals surface area contributed by atoms with Crippen molar-refractivity contribution in [3.8, 4) is 5.75 Å². The first-order chi connectivity index (χ1) is 15.8. The molecule has 0 bridgehead atoms. The zero-order valence-electron chi connectivity index (χ0n) is 19.7. The van der Waals surface area contributed by atoms with E-state index in [0.29, 0.717) is 13.2 Å². The van der Waals surface area contributed by atoms with Crippen molar-refractivity contribution in [1.29, 1.82) is 0 Å². The fourth-order valence-electron chi connectivity index (χ4n) is 4.18. The summed E-state index contributed by atoms with van der Waals surface area (Å²) in [7, 11) is 0. The van der Waals surface area contributed by atoms with E-state index in [0.717, 1.165) is 33.1 Å². The number of hydrogen-bond acceptors (Lipinski definition) is 4. The van der Waals surface area contributed by atoms with Gasteiger partial charge in [0.25, 0.3) is 0 Å². The van der Waals surface area contributed by atoms with E-state index in [-0.39, 0.29) is 18.3 Å². The van der Waals surface area contributed by atoms with Gasteiger partial charge in [-0.25, -0.2) is 0 Å². The average Bonchev–Trinajstić information content (AvgIpc) is 2.77. The lowest BCUT2D eigenvalue weighted by atomic mass is 9.87. The lowest BCUT2D eigenvalue weighted by Crippen LogP contribution is -2.51. The summed E-state index contributed by atoms with van der Waals surface area (Å²) in [6, 6.07) is 24.2. The molecule has 1 heterocycles. The summed E-state index contributed by atoms with van der Waals surface area (Å²) in [5.74, 6) is 0.832. The van der Waals surface area contributed by atoms with Gasteiger partial charge in [-0.3, -0.25) is 0 Å². The van der Waals surface area contributed by atoms with Crippen LogP contribution in [0.15, 0.2) is 72.8 Å². The standard InChI is InChI=1S/C28H32ClNO3/c1-19(2)32-26-24-16-23(30-17-21-11-8-12-22(29)15-21)13-14-25(24)33-28(3,4)27(26)31-18-20-9-6-5-7-10-20/h5-16,19,26-27,30H,17-18H2,1-4H3. The molecule has 0 radical (unpaired) electrons. The number of anilines is 1. The van der Waals surface area contributed by atoms with Crippen molar-refractivity contribution in [2.24, 2.45) is 0 Å². The van der Waals surface area contributed by atoms with Crippen LogP contribution in [0.4, 0.5) is 5.69 Å². The molecule has 2 unspecified atom stereocenters. The summed E-state index contributed by atoms with van der Waals surface area (Å²) in [6.45, 7) is 9.41. The molecule has 0 fully saturated rings. The maximum atomic E-state index is 6.45. The van der Waals surface area contributed by atoms with Gasteiger partial charge in [-0.1, -0.05) is 54.1 Å². The van der Waals surface area contributed by atoms with Crippen molar-refractivity contribution in [2.75, 3.05) is 5.32 Å². The zero-order chi connectivity index (χ0) is 23.4. The van der Waals surface area contributed by atoms with E-state index in [4.69, 9.17) is 25.8 Å². The summed E-state index contributed by atoms with van der Waals surface area (Å²) >= 11 is 6.13. The Labute approximate surface area is 201 Å². The van der Waals surface area contributed by atoms with Crippen molar-refractivity contribution in [1.82, 2.24) is 0 Å². The molecule has 0 aliphatic carbocycles. The minimum absolute atomic E-state index is 0.0441. The van der Waals surface area contributed by atoms with Crippen LogP contribution in [-0.4, -0.2) is 17.8 Å². The number of benzene rings is 3. The van der Waals surface area contributed by atoms with E-state index in [1.165, 1.54) is 0 Å². The molecule has 3 aromatic rings. The fraction of sp³-hybridized carbons (Fsp3) is 0.357. The van der Waals surface area contributed by atoms with Crippen LogP contribution in [0.25, 0.3) is 0 Å². The highest BCUT2D eigenvalue weighted by Gasteiger charge is 2.46. The van der Waals surface area contributed by atoms with Crippen molar-refractivity contribution < 1.29 is 14.2 Å². The molecule has 0 aromatic heterocycles. The van der Waals surface area contributed by atoms with Crippen molar-refractivity contribution in [3.05, 3.63) is 94.5 Å². The summed E-state index contributed by atoms with van der Waals surface area (Å²) in [6.07, 6.45) is -0.473. The summed E-state index contributed by atoms with van der Waals surface area (Å²) in [5, 5.41) is 4.23. The van der Waals surface area contributed by atoms with Crippen molar-refractivity contribution >= 4 is 17.3 Å². The molecule has 33 heavy (non-hydrogen) atoms. The van der Waals surface area contributed by atoms with E-state index in [1.807, 2.05) is 48.5 Å². The Balaban J connectivity index is 1.59. The van der Waals surface area contributed by atoms with Crippen LogP contribution in [0.2, 0.25) is 5.02 Å². The maximum Gasteiger partial charge on any atom is 0.132 e. The van der Waals surface area contributed by atoms with Crippen LogP contribution in [0.3, 0.4) is 0 Å². The van der Waals surface area contributed by atoms with E-state index < -0.39 is 5.60 Å². The lowest BCUT2D eigenvalue weighted by Gasteiger charge is -2.45. The number of rotatable bonds is 8. The van der Waals surface area contributed by atoms with Gasteiger partial charge < -0.3 is 19.5 Å². The van der Waals surface area contributed by atoms with Gasteiger partial charge in [0.1, 0.15) is 23.6 Å². The van der Waals surface area contributed by atoms with Crippen LogP contribution in [0.1, 0.15) is 50.5 Å². The highest BCUT2D eigenvalue weighted by atomic mass is 35.5. The number of halogens is 1. The van der Waals surface area contributed by atoms with Crippen molar-refractivity contribution in [3.63, 3.8) is 0 Å². The highest BCUT2D eigenvalue weighted by Crippen LogP contribution is 2.45. The molecular formula is C28H32ClNO3. The van der Waals surface area contributed by atoms with E-state index in [1.54, 1.807) is 0 Å². The highest BCUT2D eigenvalue weighted by molar-refractivity contribution is 6.30. The molecule has 0 saturated heterocycles. The Morgan fingerprint density at radius 3 is 2.45 bits per heavy atom. The Bertz CT molecular complexity index is 1070. The minimum Gasteiger partial charge on any atom is -0.485 e. The molecule has 4 nitrogen and oxygen atoms in total. The molecule has 1 N–H and O–H groups in total. The van der Waals surface area contributed by atoms with Crippen LogP contribution in [0, 0.1) is 0 Å². The second-order valence-electron chi connectivity index (χ2n) is 9.26. The molecule has 1 aliphatic heterocycles. The van der Waals surface area contributed by atoms with Gasteiger partial charge in [-0.15, -0.1) is 0 Å². The monoisotopic (exact) mass is 465 g/mol. The molecule has 5 heteroatoms. The van der Waals surface area contributed by atoms with E-state index in [9.17, 15) is 0 Å². The van der Waals surface area contributed by atoms with Gasteiger partial charge in [0, 0.05) is 22.8 Å². The first-order valence-electron chi connectivity index (χ1n) is 11.4. The minimum atomic E-state index is -0.545. The number of hydrogen-bond donors (Lipinski definition) is 1. The summed E-state index contributed by atoms with van der Waals surface area (Å²) in [5.41, 5.74) is 3.70. The smallest absolute Gasteiger partial charge is 0.132 e. The van der Waals surface area contributed by atoms with Gasteiger partial charge in [-0.05, 0) is 69.2 Å². The SMILES string of the molecule is CC(C)OC1c2cc(NCc3cccc(Cl)c3)ccc2OC(C)(C)C1OCc1ccccc1. The van der Waals surface area contributed by atoms with Crippen LogP contribution in [0.5, 0.6) is 5.75 Å². The third-order valence-corrected chi connectivity index (χ3v) is 5.96. The number of fused-ring (bicyclic) bond motifs is 1. The molecule has 0 spiro atoms. The van der Waals surface area contributed by atoms with Gasteiger partial charge in [0.2, 0.25) is 0 Å². The Morgan fingerprint density at radius 2 is 1.73 bits per heavy atom. The fourth-order valence-corrected chi connectivity index (χ4v) is 4.39. The number of ether oxygens (including phenoxy) is 3. The molecule has 0 saturated carbocycles. The predicted octanol–water partition coefficient (Wildman–Crippen LogP) is 7.17. The van der Waals surface area contributed by atoms with Crippen LogP contribution in [-0.2, 0) is 22.6 Å². The van der Waals surface area contributed by atoms with Crippen LogP contribution < -0.4 is 10.1 Å². The van der Waals surface area contributed by atoms with Gasteiger partial charge in [0.05, 0.1) is 12.7 Å². The van der Waals surface area contributed by atoms with Gasteiger partial charge >= 0.3 is 0 Å².